The van der Waals surface area contributed by atoms with Crippen molar-refractivity contribution in [1.29, 1.82) is 0 Å². The summed E-state index contributed by atoms with van der Waals surface area (Å²) in [7, 11) is 0. The first-order valence-electron chi connectivity index (χ1n) is 5.66. The second kappa shape index (κ2) is 7.76. The largest absolute Gasteiger partial charge is 0.481 e. The summed E-state index contributed by atoms with van der Waals surface area (Å²) >= 11 is 1.62. The summed E-state index contributed by atoms with van der Waals surface area (Å²) in [5, 5.41) is 17.5. The standard InChI is InChI=1S/C13H16O4S/c14-12(15)8-11(13(16)17)6-7-18-9-10-4-2-1-3-5-10/h1-5,11H,6-9H2,(H,14,15)(H,16,17). The van der Waals surface area contributed by atoms with Crippen molar-refractivity contribution in [1.82, 2.24) is 0 Å². The van der Waals surface area contributed by atoms with Crippen LogP contribution in [0.4, 0.5) is 0 Å². The van der Waals surface area contributed by atoms with E-state index in [4.69, 9.17) is 10.2 Å². The predicted octanol–water partition coefficient (Wildman–Crippen LogP) is 2.49. The van der Waals surface area contributed by atoms with Gasteiger partial charge >= 0.3 is 11.9 Å². The third-order valence-corrected chi connectivity index (χ3v) is 3.55. The number of benzene rings is 1. The summed E-state index contributed by atoms with van der Waals surface area (Å²) in [6, 6.07) is 9.89. The van der Waals surface area contributed by atoms with Crippen molar-refractivity contribution in [2.75, 3.05) is 5.75 Å². The second-order valence-electron chi connectivity index (χ2n) is 3.96. The number of hydrogen-bond acceptors (Lipinski definition) is 3. The number of carbonyl (C=O) groups is 2. The second-order valence-corrected chi connectivity index (χ2v) is 5.07. The average molecular weight is 268 g/mol. The third kappa shape index (κ3) is 5.72. The molecular formula is C13H16O4S. The van der Waals surface area contributed by atoms with Crippen LogP contribution in [0.5, 0.6) is 0 Å². The van der Waals surface area contributed by atoms with Gasteiger partial charge in [0.2, 0.25) is 0 Å². The van der Waals surface area contributed by atoms with Crippen LogP contribution >= 0.6 is 11.8 Å². The SMILES string of the molecule is O=C(O)CC(CCSCc1ccccc1)C(=O)O. The molecule has 1 aromatic carbocycles. The minimum absolute atomic E-state index is 0.304. The lowest BCUT2D eigenvalue weighted by Gasteiger charge is -2.09. The Balaban J connectivity index is 2.27. The number of aliphatic carboxylic acids is 2. The topological polar surface area (TPSA) is 74.6 Å². The molecule has 5 heteroatoms. The van der Waals surface area contributed by atoms with Crippen LogP contribution in [0.3, 0.4) is 0 Å². The Morgan fingerprint density at radius 1 is 1.17 bits per heavy atom. The smallest absolute Gasteiger partial charge is 0.307 e. The zero-order valence-electron chi connectivity index (χ0n) is 9.91. The third-order valence-electron chi connectivity index (χ3n) is 2.49. The first kappa shape index (κ1) is 14.6. The van der Waals surface area contributed by atoms with Crippen LogP contribution in [0.15, 0.2) is 30.3 Å². The molecule has 2 N–H and O–H groups in total. The average Bonchev–Trinajstić information content (AvgIpc) is 2.33. The summed E-state index contributed by atoms with van der Waals surface area (Å²) in [5.41, 5.74) is 1.19. The van der Waals surface area contributed by atoms with E-state index in [1.54, 1.807) is 11.8 Å². The molecule has 0 heterocycles. The minimum Gasteiger partial charge on any atom is -0.481 e. The van der Waals surface area contributed by atoms with Crippen LogP contribution < -0.4 is 0 Å². The number of hydrogen-bond donors (Lipinski definition) is 2. The van der Waals surface area contributed by atoms with Gasteiger partial charge in [-0.3, -0.25) is 9.59 Å². The monoisotopic (exact) mass is 268 g/mol. The Morgan fingerprint density at radius 2 is 1.83 bits per heavy atom. The Kier molecular flexibility index (Phi) is 6.28. The molecule has 0 aliphatic heterocycles. The molecule has 0 aromatic heterocycles. The van der Waals surface area contributed by atoms with Crippen LogP contribution in [0.25, 0.3) is 0 Å². The van der Waals surface area contributed by atoms with E-state index >= 15 is 0 Å². The molecule has 0 spiro atoms. The molecule has 4 nitrogen and oxygen atoms in total. The van der Waals surface area contributed by atoms with Gasteiger partial charge in [-0.2, -0.15) is 11.8 Å². The Labute approximate surface area is 110 Å². The lowest BCUT2D eigenvalue weighted by Crippen LogP contribution is -2.18. The molecule has 18 heavy (non-hydrogen) atoms. The van der Waals surface area contributed by atoms with E-state index in [1.807, 2.05) is 30.3 Å². The highest BCUT2D eigenvalue weighted by Crippen LogP contribution is 2.17. The van der Waals surface area contributed by atoms with E-state index in [0.717, 1.165) is 5.75 Å². The van der Waals surface area contributed by atoms with Crippen molar-refractivity contribution < 1.29 is 19.8 Å². The quantitative estimate of drug-likeness (QED) is 0.708. The first-order chi connectivity index (χ1) is 8.59. The first-order valence-corrected chi connectivity index (χ1v) is 6.81. The highest BCUT2D eigenvalue weighted by atomic mass is 32.2. The van der Waals surface area contributed by atoms with Crippen LogP contribution in [-0.4, -0.2) is 27.9 Å². The number of carboxylic acids is 2. The summed E-state index contributed by atoms with van der Waals surface area (Å²) in [5.74, 6) is -1.40. The Bertz CT molecular complexity index is 391. The van der Waals surface area contributed by atoms with Crippen molar-refractivity contribution in [3.05, 3.63) is 35.9 Å². The van der Waals surface area contributed by atoms with Crippen molar-refractivity contribution in [3.63, 3.8) is 0 Å². The number of thioether (sulfide) groups is 1. The van der Waals surface area contributed by atoms with Crippen molar-refractivity contribution in [2.45, 2.75) is 18.6 Å². The fourth-order valence-electron chi connectivity index (χ4n) is 1.51. The zero-order valence-corrected chi connectivity index (χ0v) is 10.7. The van der Waals surface area contributed by atoms with Crippen molar-refractivity contribution in [3.8, 4) is 0 Å². The lowest BCUT2D eigenvalue weighted by atomic mass is 10.0. The van der Waals surface area contributed by atoms with Gasteiger partial charge in [-0.25, -0.2) is 0 Å². The molecule has 0 aliphatic rings. The Morgan fingerprint density at radius 3 is 2.39 bits per heavy atom. The summed E-state index contributed by atoms with van der Waals surface area (Å²) in [6.07, 6.45) is 0.0837. The van der Waals surface area contributed by atoms with Gasteiger partial charge in [-0.1, -0.05) is 30.3 Å². The van der Waals surface area contributed by atoms with Gasteiger partial charge in [0, 0.05) is 5.75 Å². The summed E-state index contributed by atoms with van der Waals surface area (Å²) in [4.78, 5) is 21.3. The highest BCUT2D eigenvalue weighted by Gasteiger charge is 2.20. The molecule has 1 atom stereocenters. The molecule has 0 bridgehead atoms. The maximum absolute atomic E-state index is 10.8. The highest BCUT2D eigenvalue weighted by molar-refractivity contribution is 7.98. The van der Waals surface area contributed by atoms with E-state index in [9.17, 15) is 9.59 Å². The molecule has 1 rings (SSSR count). The summed E-state index contributed by atoms with van der Waals surface area (Å²) < 4.78 is 0. The van der Waals surface area contributed by atoms with E-state index in [0.29, 0.717) is 12.2 Å². The number of carboxylic acid groups (broad SMARTS) is 2. The molecule has 0 radical (unpaired) electrons. The lowest BCUT2D eigenvalue weighted by molar-refractivity contribution is -0.148. The molecular weight excluding hydrogens is 252 g/mol. The molecule has 98 valence electrons. The maximum Gasteiger partial charge on any atom is 0.307 e. The van der Waals surface area contributed by atoms with Crippen LogP contribution in [-0.2, 0) is 15.3 Å². The fourth-order valence-corrected chi connectivity index (χ4v) is 2.54. The molecule has 0 saturated heterocycles. The zero-order chi connectivity index (χ0) is 13.4. The van der Waals surface area contributed by atoms with E-state index in [2.05, 4.69) is 0 Å². The van der Waals surface area contributed by atoms with Gasteiger partial charge in [0.05, 0.1) is 12.3 Å². The Hall–Kier alpha value is -1.49. The van der Waals surface area contributed by atoms with E-state index < -0.39 is 17.9 Å². The fraction of sp³-hybridized carbons (Fsp3) is 0.385. The van der Waals surface area contributed by atoms with Gasteiger partial charge in [0.25, 0.3) is 0 Å². The van der Waals surface area contributed by atoms with Crippen LogP contribution in [0.1, 0.15) is 18.4 Å². The van der Waals surface area contributed by atoms with Crippen LogP contribution in [0.2, 0.25) is 0 Å². The molecule has 1 unspecified atom stereocenters. The molecule has 0 saturated carbocycles. The van der Waals surface area contributed by atoms with Gasteiger partial charge < -0.3 is 10.2 Å². The molecule has 1 aromatic rings. The minimum atomic E-state index is -1.06. The van der Waals surface area contributed by atoms with Crippen molar-refractivity contribution in [2.24, 2.45) is 5.92 Å². The number of rotatable bonds is 8. The predicted molar refractivity (Wildman–Crippen MR) is 70.6 cm³/mol. The van der Waals surface area contributed by atoms with Crippen molar-refractivity contribution >= 4 is 23.7 Å². The van der Waals surface area contributed by atoms with Crippen LogP contribution in [0, 0.1) is 5.92 Å². The van der Waals surface area contributed by atoms with Gasteiger partial charge in [0.1, 0.15) is 0 Å². The van der Waals surface area contributed by atoms with E-state index in [1.165, 1.54) is 5.56 Å². The van der Waals surface area contributed by atoms with Gasteiger partial charge in [-0.15, -0.1) is 0 Å². The molecule has 0 aliphatic carbocycles. The molecule has 0 fully saturated rings. The maximum atomic E-state index is 10.8. The van der Waals surface area contributed by atoms with Gasteiger partial charge in [-0.05, 0) is 17.7 Å². The normalized spacial score (nSPS) is 12.0. The summed E-state index contributed by atoms with van der Waals surface area (Å²) in [6.45, 7) is 0. The van der Waals surface area contributed by atoms with Gasteiger partial charge in [0.15, 0.2) is 0 Å². The molecule has 0 amide bonds. The van der Waals surface area contributed by atoms with E-state index in [-0.39, 0.29) is 6.42 Å².